The van der Waals surface area contributed by atoms with Crippen LogP contribution >= 0.6 is 0 Å². The van der Waals surface area contributed by atoms with E-state index in [0.29, 0.717) is 18.9 Å². The molecule has 2 aromatic heterocycles. The fourth-order valence-electron chi connectivity index (χ4n) is 2.65. The minimum atomic E-state index is -0.428. The first-order chi connectivity index (χ1) is 13.2. The lowest BCUT2D eigenvalue weighted by Gasteiger charge is -2.00. The number of nitro groups is 1. The minimum absolute atomic E-state index is 0.0526. The van der Waals surface area contributed by atoms with Gasteiger partial charge in [0.1, 0.15) is 0 Å². The maximum absolute atomic E-state index is 10.7. The summed E-state index contributed by atoms with van der Waals surface area (Å²) in [5, 5.41) is 27.5. The zero-order valence-corrected chi connectivity index (χ0v) is 14.2. The highest BCUT2D eigenvalue weighted by atomic mass is 16.6. The van der Waals surface area contributed by atoms with Gasteiger partial charge in [-0.25, -0.2) is 0 Å². The van der Waals surface area contributed by atoms with Crippen molar-refractivity contribution in [2.45, 2.75) is 13.1 Å². The van der Waals surface area contributed by atoms with Crippen molar-refractivity contribution in [1.29, 1.82) is 0 Å². The summed E-state index contributed by atoms with van der Waals surface area (Å²) in [6.07, 6.45) is 3.58. The molecule has 2 heterocycles. The second-order valence-corrected chi connectivity index (χ2v) is 5.98. The standard InChI is InChI=1S/C18H15N7O2/c26-25(27)17-8-6-15(7-9-17)12-24-21-18(20-22-24)16-10-19-23(13-16)11-14-4-2-1-3-5-14/h1-10,13H,11-12H2. The molecule has 2 aromatic carbocycles. The summed E-state index contributed by atoms with van der Waals surface area (Å²) >= 11 is 0. The molecule has 27 heavy (non-hydrogen) atoms. The van der Waals surface area contributed by atoms with Crippen molar-refractivity contribution in [3.63, 3.8) is 0 Å². The fourth-order valence-corrected chi connectivity index (χ4v) is 2.65. The molecule has 0 aliphatic heterocycles. The maximum atomic E-state index is 10.7. The van der Waals surface area contributed by atoms with Gasteiger partial charge >= 0.3 is 0 Å². The highest BCUT2D eigenvalue weighted by molar-refractivity contribution is 5.50. The van der Waals surface area contributed by atoms with Crippen LogP contribution in [0.25, 0.3) is 11.4 Å². The Labute approximate surface area is 154 Å². The first-order valence-corrected chi connectivity index (χ1v) is 8.25. The van der Waals surface area contributed by atoms with Crippen molar-refractivity contribution in [2.24, 2.45) is 0 Å². The van der Waals surface area contributed by atoms with Crippen molar-refractivity contribution < 1.29 is 4.92 Å². The molecule has 0 aliphatic carbocycles. The minimum Gasteiger partial charge on any atom is -0.268 e. The van der Waals surface area contributed by atoms with E-state index in [1.54, 1.807) is 18.3 Å². The van der Waals surface area contributed by atoms with Crippen LogP contribution in [-0.2, 0) is 13.1 Å². The van der Waals surface area contributed by atoms with Crippen LogP contribution < -0.4 is 0 Å². The lowest BCUT2D eigenvalue weighted by molar-refractivity contribution is -0.384. The van der Waals surface area contributed by atoms with Gasteiger partial charge in [0.05, 0.1) is 29.8 Å². The molecule has 0 spiro atoms. The normalized spacial score (nSPS) is 10.8. The Morgan fingerprint density at radius 1 is 0.963 bits per heavy atom. The van der Waals surface area contributed by atoms with Crippen molar-refractivity contribution >= 4 is 5.69 Å². The van der Waals surface area contributed by atoms with Crippen LogP contribution in [-0.4, -0.2) is 34.9 Å². The predicted octanol–water partition coefficient (Wildman–Crippen LogP) is 2.54. The van der Waals surface area contributed by atoms with Gasteiger partial charge in [-0.1, -0.05) is 42.5 Å². The van der Waals surface area contributed by atoms with E-state index in [-0.39, 0.29) is 5.69 Å². The monoisotopic (exact) mass is 361 g/mol. The number of non-ortho nitro benzene ring substituents is 1. The van der Waals surface area contributed by atoms with Crippen LogP contribution in [0.4, 0.5) is 5.69 Å². The number of nitro benzene ring substituents is 1. The number of nitrogens with zero attached hydrogens (tertiary/aromatic N) is 7. The van der Waals surface area contributed by atoms with Crippen molar-refractivity contribution in [1.82, 2.24) is 30.0 Å². The van der Waals surface area contributed by atoms with Crippen LogP contribution in [0, 0.1) is 10.1 Å². The van der Waals surface area contributed by atoms with Crippen LogP contribution in [0.15, 0.2) is 67.0 Å². The number of aromatic nitrogens is 6. The molecular formula is C18H15N7O2. The van der Waals surface area contributed by atoms with E-state index < -0.39 is 4.92 Å². The number of tetrazole rings is 1. The van der Waals surface area contributed by atoms with Crippen LogP contribution in [0.3, 0.4) is 0 Å². The van der Waals surface area contributed by atoms with E-state index in [4.69, 9.17) is 0 Å². The molecule has 4 aromatic rings. The predicted molar refractivity (Wildman–Crippen MR) is 96.8 cm³/mol. The molecule has 0 saturated heterocycles. The van der Waals surface area contributed by atoms with Gasteiger partial charge in [0.15, 0.2) is 0 Å². The highest BCUT2D eigenvalue weighted by Crippen LogP contribution is 2.15. The molecule has 134 valence electrons. The lowest BCUT2D eigenvalue weighted by atomic mass is 10.2. The third kappa shape index (κ3) is 3.87. The molecular weight excluding hydrogens is 346 g/mol. The van der Waals surface area contributed by atoms with E-state index in [0.717, 1.165) is 16.7 Å². The Morgan fingerprint density at radius 3 is 2.44 bits per heavy atom. The lowest BCUT2D eigenvalue weighted by Crippen LogP contribution is -2.04. The Balaban J connectivity index is 1.45. The largest absolute Gasteiger partial charge is 0.269 e. The third-order valence-electron chi connectivity index (χ3n) is 4.00. The summed E-state index contributed by atoms with van der Waals surface area (Å²) in [5.41, 5.74) is 2.84. The molecule has 9 heteroatoms. The van der Waals surface area contributed by atoms with Gasteiger partial charge in [0, 0.05) is 18.3 Å². The molecule has 4 rings (SSSR count). The van der Waals surface area contributed by atoms with E-state index in [1.807, 2.05) is 41.2 Å². The zero-order valence-electron chi connectivity index (χ0n) is 14.2. The first-order valence-electron chi connectivity index (χ1n) is 8.25. The van der Waals surface area contributed by atoms with Gasteiger partial charge in [0.25, 0.3) is 5.69 Å². The van der Waals surface area contributed by atoms with Gasteiger partial charge in [-0.2, -0.15) is 9.90 Å². The molecule has 0 saturated carbocycles. The number of hydrogen-bond donors (Lipinski definition) is 0. The molecule has 0 unspecified atom stereocenters. The van der Waals surface area contributed by atoms with Crippen LogP contribution in [0.1, 0.15) is 11.1 Å². The number of benzene rings is 2. The molecule has 0 radical (unpaired) electrons. The molecule has 0 amide bonds. The van der Waals surface area contributed by atoms with Crippen LogP contribution in [0.2, 0.25) is 0 Å². The number of rotatable bonds is 6. The summed E-state index contributed by atoms with van der Waals surface area (Å²) in [7, 11) is 0. The summed E-state index contributed by atoms with van der Waals surface area (Å²) in [6.45, 7) is 1.04. The maximum Gasteiger partial charge on any atom is 0.269 e. The molecule has 0 bridgehead atoms. The second kappa shape index (κ2) is 7.16. The Hall–Kier alpha value is -3.88. The quantitative estimate of drug-likeness (QED) is 0.386. The molecule has 0 N–H and O–H groups in total. The summed E-state index contributed by atoms with van der Waals surface area (Å²) in [6, 6.07) is 16.3. The Bertz CT molecular complexity index is 1050. The second-order valence-electron chi connectivity index (χ2n) is 5.98. The average molecular weight is 361 g/mol. The van der Waals surface area contributed by atoms with Gasteiger partial charge < -0.3 is 0 Å². The topological polar surface area (TPSA) is 105 Å². The first kappa shape index (κ1) is 16.6. The molecule has 0 fully saturated rings. The summed E-state index contributed by atoms with van der Waals surface area (Å²) in [4.78, 5) is 11.7. The van der Waals surface area contributed by atoms with E-state index in [9.17, 15) is 10.1 Å². The third-order valence-corrected chi connectivity index (χ3v) is 4.00. The highest BCUT2D eigenvalue weighted by Gasteiger charge is 2.10. The summed E-state index contributed by atoms with van der Waals surface area (Å²) in [5.74, 6) is 0.483. The van der Waals surface area contributed by atoms with E-state index in [2.05, 4.69) is 20.5 Å². The van der Waals surface area contributed by atoms with Crippen molar-refractivity contribution in [2.75, 3.05) is 0 Å². The van der Waals surface area contributed by atoms with Crippen LogP contribution in [0.5, 0.6) is 0 Å². The van der Waals surface area contributed by atoms with Gasteiger partial charge in [-0.15, -0.1) is 10.2 Å². The van der Waals surface area contributed by atoms with Gasteiger partial charge in [-0.05, 0) is 16.3 Å². The van der Waals surface area contributed by atoms with Gasteiger partial charge in [0.2, 0.25) is 5.82 Å². The van der Waals surface area contributed by atoms with E-state index >= 15 is 0 Å². The SMILES string of the molecule is O=[N+]([O-])c1ccc(Cn2nnc(-c3cnn(Cc4ccccc4)c3)n2)cc1. The zero-order chi connectivity index (χ0) is 18.6. The Morgan fingerprint density at radius 2 is 1.70 bits per heavy atom. The average Bonchev–Trinajstić information content (AvgIpc) is 3.32. The fraction of sp³-hybridized carbons (Fsp3) is 0.111. The summed E-state index contributed by atoms with van der Waals surface area (Å²) < 4.78 is 1.82. The van der Waals surface area contributed by atoms with Crippen molar-refractivity contribution in [3.05, 3.63) is 88.2 Å². The molecule has 0 aliphatic rings. The van der Waals surface area contributed by atoms with Crippen molar-refractivity contribution in [3.8, 4) is 11.4 Å². The smallest absolute Gasteiger partial charge is 0.268 e. The Kier molecular flexibility index (Phi) is 4.40. The molecule has 9 nitrogen and oxygen atoms in total. The number of hydrogen-bond acceptors (Lipinski definition) is 6. The molecule has 0 atom stereocenters. The van der Waals surface area contributed by atoms with Gasteiger partial charge in [-0.3, -0.25) is 14.8 Å². The van der Waals surface area contributed by atoms with E-state index in [1.165, 1.54) is 16.9 Å².